The predicted molar refractivity (Wildman–Crippen MR) is 33.8 cm³/mol. The zero-order valence-corrected chi connectivity index (χ0v) is 5.65. The summed E-state index contributed by atoms with van der Waals surface area (Å²) in [6, 6.07) is 0. The average Bonchev–Trinajstić information content (AvgIpc) is 2.31. The number of nitrogens with zero attached hydrogens (tertiary/aromatic N) is 1. The molecule has 8 heavy (non-hydrogen) atoms. The summed E-state index contributed by atoms with van der Waals surface area (Å²) in [4.78, 5) is 2.50. The summed E-state index contributed by atoms with van der Waals surface area (Å²) in [5.74, 6) is 1.06. The zero-order chi connectivity index (χ0) is 5.78. The maximum Gasteiger partial charge on any atom is 0.0211 e. The molecule has 0 aromatic carbocycles. The van der Waals surface area contributed by atoms with Gasteiger partial charge >= 0.3 is 0 Å². The molecule has 1 aliphatic heterocycles. The number of hydrogen-bond acceptors (Lipinski definition) is 1. The van der Waals surface area contributed by atoms with Crippen LogP contribution < -0.4 is 0 Å². The minimum absolute atomic E-state index is 0.653. The lowest BCUT2D eigenvalue weighted by atomic mass is 10.2. The van der Waals surface area contributed by atoms with Crippen LogP contribution in [0.4, 0.5) is 0 Å². The van der Waals surface area contributed by atoms with Crippen LogP contribution in [0.25, 0.3) is 0 Å². The van der Waals surface area contributed by atoms with E-state index < -0.39 is 0 Å². The van der Waals surface area contributed by atoms with Gasteiger partial charge < -0.3 is 4.90 Å². The first-order chi connectivity index (χ1) is 3.73. The zero-order valence-electron chi connectivity index (χ0n) is 5.65. The average molecular weight is 111 g/mol. The van der Waals surface area contributed by atoms with Crippen LogP contribution in [0, 0.1) is 5.92 Å². The molecule has 0 spiro atoms. The molecule has 1 nitrogen and oxygen atoms in total. The van der Waals surface area contributed by atoms with Gasteiger partial charge in [0.1, 0.15) is 0 Å². The van der Waals surface area contributed by atoms with Crippen LogP contribution in [0.15, 0.2) is 0 Å². The summed E-state index contributed by atoms with van der Waals surface area (Å²) in [6.07, 6.45) is 2.91. The molecule has 2 aliphatic rings. The molecular formula is C7H13N. The second-order valence-corrected chi connectivity index (χ2v) is 3.47. The van der Waals surface area contributed by atoms with Crippen molar-refractivity contribution in [2.45, 2.75) is 25.3 Å². The third-order valence-corrected chi connectivity index (χ3v) is 3.06. The van der Waals surface area contributed by atoms with Crippen LogP contribution in [0.2, 0.25) is 0 Å². The summed E-state index contributed by atoms with van der Waals surface area (Å²) in [5, 5.41) is 0. The van der Waals surface area contributed by atoms with Crippen LogP contribution in [-0.2, 0) is 0 Å². The highest BCUT2D eigenvalue weighted by Crippen LogP contribution is 2.54. The number of fused-ring (bicyclic) bond motifs is 1. The Hall–Kier alpha value is -0.0400. The molecule has 0 N–H and O–H groups in total. The van der Waals surface area contributed by atoms with Crippen molar-refractivity contribution in [2.24, 2.45) is 5.92 Å². The van der Waals surface area contributed by atoms with Gasteiger partial charge in [0, 0.05) is 5.54 Å². The largest absolute Gasteiger partial charge is 0.301 e. The van der Waals surface area contributed by atoms with Crippen molar-refractivity contribution in [1.29, 1.82) is 0 Å². The van der Waals surface area contributed by atoms with Gasteiger partial charge in [-0.1, -0.05) is 0 Å². The van der Waals surface area contributed by atoms with Gasteiger partial charge in [-0.3, -0.25) is 0 Å². The van der Waals surface area contributed by atoms with Crippen molar-refractivity contribution >= 4 is 0 Å². The van der Waals surface area contributed by atoms with Crippen molar-refractivity contribution in [1.82, 2.24) is 4.90 Å². The minimum atomic E-state index is 0.653. The maximum atomic E-state index is 2.50. The number of hydrogen-bond donors (Lipinski definition) is 0. The first-order valence-corrected chi connectivity index (χ1v) is 3.45. The quantitative estimate of drug-likeness (QED) is 0.452. The van der Waals surface area contributed by atoms with E-state index in [-0.39, 0.29) is 0 Å². The van der Waals surface area contributed by atoms with Crippen molar-refractivity contribution in [2.75, 3.05) is 13.6 Å². The Balaban J connectivity index is 2.19. The van der Waals surface area contributed by atoms with Crippen molar-refractivity contribution in [3.63, 3.8) is 0 Å². The molecule has 0 bridgehead atoms. The molecule has 0 unspecified atom stereocenters. The molecule has 0 aromatic rings. The van der Waals surface area contributed by atoms with Gasteiger partial charge in [0.25, 0.3) is 0 Å². The van der Waals surface area contributed by atoms with E-state index in [1.807, 2.05) is 0 Å². The highest BCUT2D eigenvalue weighted by atomic mass is 15.2. The molecule has 1 aliphatic carbocycles. The molecule has 1 heteroatoms. The summed E-state index contributed by atoms with van der Waals surface area (Å²) in [5.41, 5.74) is 0.653. The molecule has 2 fully saturated rings. The number of rotatable bonds is 0. The fourth-order valence-corrected chi connectivity index (χ4v) is 1.93. The van der Waals surface area contributed by atoms with E-state index in [0.29, 0.717) is 5.54 Å². The monoisotopic (exact) mass is 111 g/mol. The lowest BCUT2D eigenvalue weighted by Gasteiger charge is -2.17. The first-order valence-electron chi connectivity index (χ1n) is 3.45. The normalized spacial score (nSPS) is 54.0. The lowest BCUT2D eigenvalue weighted by molar-refractivity contribution is 0.280. The van der Waals surface area contributed by atoms with E-state index in [1.165, 1.54) is 19.4 Å². The lowest BCUT2D eigenvalue weighted by Crippen LogP contribution is -2.27. The number of likely N-dealkylation sites (tertiary alicyclic amines) is 1. The Morgan fingerprint density at radius 1 is 1.62 bits per heavy atom. The smallest absolute Gasteiger partial charge is 0.0211 e. The molecule has 0 radical (unpaired) electrons. The van der Waals surface area contributed by atoms with Gasteiger partial charge in [-0.15, -0.1) is 0 Å². The summed E-state index contributed by atoms with van der Waals surface area (Å²) < 4.78 is 0. The predicted octanol–water partition coefficient (Wildman–Crippen LogP) is 1.10. The Labute approximate surface area is 50.7 Å². The number of piperidine rings is 1. The summed E-state index contributed by atoms with van der Waals surface area (Å²) >= 11 is 0. The van der Waals surface area contributed by atoms with Crippen molar-refractivity contribution in [3.05, 3.63) is 0 Å². The molecule has 46 valence electrons. The third kappa shape index (κ3) is 0.368. The van der Waals surface area contributed by atoms with E-state index in [4.69, 9.17) is 0 Å². The van der Waals surface area contributed by atoms with Gasteiger partial charge in [0.2, 0.25) is 0 Å². The topological polar surface area (TPSA) is 3.24 Å². The van der Waals surface area contributed by atoms with E-state index in [9.17, 15) is 0 Å². The summed E-state index contributed by atoms with van der Waals surface area (Å²) in [7, 11) is 2.24. The van der Waals surface area contributed by atoms with Gasteiger partial charge in [-0.2, -0.15) is 0 Å². The summed E-state index contributed by atoms with van der Waals surface area (Å²) in [6.45, 7) is 3.71. The van der Waals surface area contributed by atoms with Gasteiger partial charge in [0.05, 0.1) is 0 Å². The minimum Gasteiger partial charge on any atom is -0.301 e. The second kappa shape index (κ2) is 1.10. The standard InChI is InChI=1S/C7H13N/c1-7-5-6(7)3-4-8(7)2/h6H,3-5H2,1-2H3/t6-,7+/m1/s1. The molecule has 2 rings (SSSR count). The van der Waals surface area contributed by atoms with E-state index in [2.05, 4.69) is 18.9 Å². The van der Waals surface area contributed by atoms with Gasteiger partial charge in [0.15, 0.2) is 0 Å². The molecule has 1 saturated carbocycles. The van der Waals surface area contributed by atoms with Crippen molar-refractivity contribution < 1.29 is 0 Å². The first kappa shape index (κ1) is 4.80. The fourth-order valence-electron chi connectivity index (χ4n) is 1.93. The van der Waals surface area contributed by atoms with Crippen LogP contribution in [0.3, 0.4) is 0 Å². The third-order valence-electron chi connectivity index (χ3n) is 3.06. The van der Waals surface area contributed by atoms with Crippen LogP contribution in [-0.4, -0.2) is 24.0 Å². The van der Waals surface area contributed by atoms with Crippen molar-refractivity contribution in [3.8, 4) is 0 Å². The highest BCUT2D eigenvalue weighted by Gasteiger charge is 2.56. The Morgan fingerprint density at radius 3 is 2.50 bits per heavy atom. The van der Waals surface area contributed by atoms with Gasteiger partial charge in [-0.25, -0.2) is 0 Å². The molecule has 2 atom stereocenters. The van der Waals surface area contributed by atoms with Crippen LogP contribution in [0.5, 0.6) is 0 Å². The van der Waals surface area contributed by atoms with Crippen LogP contribution in [0.1, 0.15) is 19.8 Å². The van der Waals surface area contributed by atoms with E-state index >= 15 is 0 Å². The maximum absolute atomic E-state index is 2.50. The van der Waals surface area contributed by atoms with E-state index in [0.717, 1.165) is 5.92 Å². The fraction of sp³-hybridized carbons (Fsp3) is 1.00. The van der Waals surface area contributed by atoms with Crippen LogP contribution >= 0.6 is 0 Å². The Morgan fingerprint density at radius 2 is 2.38 bits per heavy atom. The highest BCUT2D eigenvalue weighted by molar-refractivity contribution is 5.11. The molecular weight excluding hydrogens is 98.1 g/mol. The second-order valence-electron chi connectivity index (χ2n) is 3.47. The Bertz CT molecular complexity index is 120. The molecule has 0 aromatic heterocycles. The molecule has 0 amide bonds. The Kier molecular flexibility index (Phi) is 0.663. The molecule has 1 heterocycles. The van der Waals surface area contributed by atoms with Gasteiger partial charge in [-0.05, 0) is 39.3 Å². The van der Waals surface area contributed by atoms with E-state index in [1.54, 1.807) is 0 Å². The molecule has 1 saturated heterocycles. The SMILES string of the molecule is CN1CC[C@@H]2C[C@@]21C.